The molecule has 1 aliphatic heterocycles. The van der Waals surface area contributed by atoms with Gasteiger partial charge in [-0.3, -0.25) is 19.7 Å². The summed E-state index contributed by atoms with van der Waals surface area (Å²) >= 11 is 6.01. The number of carbonyl (C=O) groups is 2. The predicted octanol–water partition coefficient (Wildman–Crippen LogP) is 3.44. The van der Waals surface area contributed by atoms with Gasteiger partial charge in [0.15, 0.2) is 0 Å². The number of nitro benzene ring substituents is 1. The van der Waals surface area contributed by atoms with Crippen LogP contribution in [0.2, 0.25) is 5.02 Å². The van der Waals surface area contributed by atoms with Crippen molar-refractivity contribution in [2.45, 2.75) is 12.8 Å². The van der Waals surface area contributed by atoms with Crippen LogP contribution in [-0.4, -0.2) is 44.5 Å². The molecule has 1 aromatic heterocycles. The number of halogens is 1. The number of piperidine rings is 1. The van der Waals surface area contributed by atoms with Gasteiger partial charge in [-0.05, 0) is 55.3 Å². The van der Waals surface area contributed by atoms with E-state index in [-0.39, 0.29) is 23.4 Å². The summed E-state index contributed by atoms with van der Waals surface area (Å²) in [6, 6.07) is 14.6. The van der Waals surface area contributed by atoms with Gasteiger partial charge in [-0.15, -0.1) is 0 Å². The van der Waals surface area contributed by atoms with Crippen LogP contribution in [0.3, 0.4) is 0 Å². The number of amides is 2. The van der Waals surface area contributed by atoms with E-state index in [1.54, 1.807) is 47.4 Å². The second kappa shape index (κ2) is 8.80. The Hall–Kier alpha value is -3.72. The van der Waals surface area contributed by atoms with Gasteiger partial charge in [-0.2, -0.15) is 5.10 Å². The van der Waals surface area contributed by atoms with Gasteiger partial charge >= 0.3 is 0 Å². The molecule has 1 fully saturated rings. The number of likely N-dealkylation sites (tertiary alicyclic amines) is 1. The highest BCUT2D eigenvalue weighted by Crippen LogP contribution is 2.26. The van der Waals surface area contributed by atoms with E-state index in [2.05, 4.69) is 5.10 Å². The molecule has 2 amide bonds. The van der Waals surface area contributed by atoms with Gasteiger partial charge in [0, 0.05) is 41.7 Å². The molecule has 0 atom stereocenters. The van der Waals surface area contributed by atoms with Crippen molar-refractivity contribution in [2.75, 3.05) is 13.1 Å². The highest BCUT2D eigenvalue weighted by atomic mass is 35.5. The molecule has 0 spiro atoms. The van der Waals surface area contributed by atoms with Gasteiger partial charge in [0.25, 0.3) is 11.6 Å². The first-order chi connectivity index (χ1) is 15.3. The second-order valence-electron chi connectivity index (χ2n) is 7.58. The Morgan fingerprint density at radius 3 is 2.25 bits per heavy atom. The lowest BCUT2D eigenvalue weighted by Crippen LogP contribution is -2.42. The Bertz CT molecular complexity index is 1170. The molecule has 2 heterocycles. The maximum atomic E-state index is 13.4. The zero-order valence-electron chi connectivity index (χ0n) is 17.0. The number of nitrogens with zero attached hydrogens (tertiary/aromatic N) is 4. The lowest BCUT2D eigenvalue weighted by atomic mass is 9.96. The van der Waals surface area contributed by atoms with Crippen LogP contribution in [0, 0.1) is 16.0 Å². The summed E-state index contributed by atoms with van der Waals surface area (Å²) in [5.74, 6) is -0.789. The molecule has 0 aliphatic carbocycles. The van der Waals surface area contributed by atoms with Crippen LogP contribution in [-0.2, 0) is 4.79 Å². The standard InChI is InChI=1S/C22H20ClN5O4/c23-16-3-7-17(8-4-16)27-20(22(30)26-11-9-15(10-12-26)21(24)29)13-19(25-27)14-1-5-18(6-2-14)28(31)32/h1-8,13,15H,9-12H2,(H2,24,29). The fourth-order valence-electron chi connectivity index (χ4n) is 3.74. The number of nitrogens with two attached hydrogens (primary N) is 1. The Morgan fingerprint density at radius 1 is 1.06 bits per heavy atom. The van der Waals surface area contributed by atoms with Gasteiger partial charge in [0.2, 0.25) is 5.91 Å². The van der Waals surface area contributed by atoms with Crippen LogP contribution in [0.5, 0.6) is 0 Å². The summed E-state index contributed by atoms with van der Waals surface area (Å²) < 4.78 is 1.54. The number of nitro groups is 1. The maximum absolute atomic E-state index is 13.4. The number of rotatable bonds is 5. The monoisotopic (exact) mass is 453 g/mol. The molecule has 1 saturated heterocycles. The average molecular weight is 454 g/mol. The summed E-state index contributed by atoms with van der Waals surface area (Å²) in [7, 11) is 0. The molecule has 0 unspecified atom stereocenters. The largest absolute Gasteiger partial charge is 0.369 e. The molecule has 10 heteroatoms. The number of aromatic nitrogens is 2. The third-order valence-electron chi connectivity index (χ3n) is 5.56. The van der Waals surface area contributed by atoms with E-state index in [4.69, 9.17) is 17.3 Å². The van der Waals surface area contributed by atoms with Gasteiger partial charge in [0.1, 0.15) is 5.69 Å². The number of hydrogen-bond donors (Lipinski definition) is 1. The first kappa shape index (κ1) is 21.5. The van der Waals surface area contributed by atoms with E-state index in [1.807, 2.05) is 0 Å². The summed E-state index contributed by atoms with van der Waals surface area (Å²) in [4.78, 5) is 37.0. The van der Waals surface area contributed by atoms with Crippen molar-refractivity contribution in [3.8, 4) is 16.9 Å². The minimum absolute atomic E-state index is 0.0282. The molecule has 32 heavy (non-hydrogen) atoms. The fourth-order valence-corrected chi connectivity index (χ4v) is 3.86. The molecule has 4 rings (SSSR count). The van der Waals surface area contributed by atoms with Crippen molar-refractivity contribution < 1.29 is 14.5 Å². The maximum Gasteiger partial charge on any atom is 0.272 e. The van der Waals surface area contributed by atoms with E-state index < -0.39 is 4.92 Å². The number of non-ortho nitro benzene ring substituents is 1. The average Bonchev–Trinajstić information content (AvgIpc) is 3.24. The molecule has 164 valence electrons. The third-order valence-corrected chi connectivity index (χ3v) is 5.81. The summed E-state index contributed by atoms with van der Waals surface area (Å²) in [6.45, 7) is 0.843. The Morgan fingerprint density at radius 2 is 1.69 bits per heavy atom. The van der Waals surface area contributed by atoms with Crippen molar-refractivity contribution in [1.29, 1.82) is 0 Å². The predicted molar refractivity (Wildman–Crippen MR) is 118 cm³/mol. The highest BCUT2D eigenvalue weighted by Gasteiger charge is 2.29. The van der Waals surface area contributed by atoms with Crippen LogP contribution in [0.4, 0.5) is 5.69 Å². The zero-order valence-corrected chi connectivity index (χ0v) is 17.7. The van der Waals surface area contributed by atoms with Crippen molar-refractivity contribution in [3.05, 3.63) is 75.4 Å². The van der Waals surface area contributed by atoms with Gasteiger partial charge in [0.05, 0.1) is 16.3 Å². The third kappa shape index (κ3) is 4.33. The number of primary amides is 1. The topological polar surface area (TPSA) is 124 Å². The van der Waals surface area contributed by atoms with Gasteiger partial charge in [-0.25, -0.2) is 4.68 Å². The molecule has 0 saturated carbocycles. The molecule has 1 aliphatic rings. The molecule has 0 bridgehead atoms. The molecule has 3 aromatic rings. The van der Waals surface area contributed by atoms with E-state index >= 15 is 0 Å². The van der Waals surface area contributed by atoms with Gasteiger partial charge in [-0.1, -0.05) is 11.6 Å². The van der Waals surface area contributed by atoms with Gasteiger partial charge < -0.3 is 10.6 Å². The highest BCUT2D eigenvalue weighted by molar-refractivity contribution is 6.30. The van der Waals surface area contributed by atoms with Crippen LogP contribution < -0.4 is 5.73 Å². The lowest BCUT2D eigenvalue weighted by molar-refractivity contribution is -0.384. The minimum atomic E-state index is -0.471. The number of hydrogen-bond acceptors (Lipinski definition) is 5. The van der Waals surface area contributed by atoms with E-state index in [1.165, 1.54) is 16.8 Å². The normalized spacial score (nSPS) is 14.3. The SMILES string of the molecule is NC(=O)C1CCN(C(=O)c2cc(-c3ccc([N+](=O)[O-])cc3)nn2-c2ccc(Cl)cc2)CC1. The van der Waals surface area contributed by atoms with Crippen molar-refractivity contribution in [1.82, 2.24) is 14.7 Å². The first-order valence-corrected chi connectivity index (χ1v) is 10.4. The van der Waals surface area contributed by atoms with Crippen LogP contribution in [0.25, 0.3) is 16.9 Å². The first-order valence-electron chi connectivity index (χ1n) is 10.0. The fraction of sp³-hybridized carbons (Fsp3) is 0.227. The minimum Gasteiger partial charge on any atom is -0.369 e. The summed E-state index contributed by atoms with van der Waals surface area (Å²) in [5, 5.41) is 16.1. The van der Waals surface area contributed by atoms with Crippen molar-refractivity contribution in [3.63, 3.8) is 0 Å². The lowest BCUT2D eigenvalue weighted by Gasteiger charge is -2.30. The van der Waals surface area contributed by atoms with Crippen LogP contribution in [0.15, 0.2) is 54.6 Å². The summed E-state index contributed by atoms with van der Waals surface area (Å²) in [5.41, 5.74) is 7.52. The summed E-state index contributed by atoms with van der Waals surface area (Å²) in [6.07, 6.45) is 1.04. The van der Waals surface area contributed by atoms with E-state index in [9.17, 15) is 19.7 Å². The molecule has 0 radical (unpaired) electrons. The molecule has 9 nitrogen and oxygen atoms in total. The Kier molecular flexibility index (Phi) is 5.91. The van der Waals surface area contributed by atoms with Crippen molar-refractivity contribution >= 4 is 29.1 Å². The molecule has 2 aromatic carbocycles. The molecular weight excluding hydrogens is 434 g/mol. The molecular formula is C22H20ClN5O4. The Balaban J connectivity index is 1.70. The smallest absolute Gasteiger partial charge is 0.272 e. The molecule has 2 N–H and O–H groups in total. The number of benzene rings is 2. The number of carbonyl (C=O) groups excluding carboxylic acids is 2. The van der Waals surface area contributed by atoms with Crippen LogP contribution >= 0.6 is 11.6 Å². The quantitative estimate of drug-likeness (QED) is 0.468. The zero-order chi connectivity index (χ0) is 22.8. The van der Waals surface area contributed by atoms with Crippen LogP contribution in [0.1, 0.15) is 23.3 Å². The van der Waals surface area contributed by atoms with E-state index in [0.29, 0.717) is 53.6 Å². The van der Waals surface area contributed by atoms with Crippen molar-refractivity contribution in [2.24, 2.45) is 11.7 Å². The Labute approximate surface area is 188 Å². The second-order valence-corrected chi connectivity index (χ2v) is 8.01. The van der Waals surface area contributed by atoms with E-state index in [0.717, 1.165) is 0 Å².